The number of carbonyl (C=O) groups excluding carboxylic acids is 2. The Morgan fingerprint density at radius 3 is 2.42 bits per heavy atom. The highest BCUT2D eigenvalue weighted by molar-refractivity contribution is 6.08. The van der Waals surface area contributed by atoms with Crippen LogP contribution >= 0.6 is 0 Å². The number of rotatable bonds is 4. The molecule has 4 rings (SSSR count). The SMILES string of the molecule is Cc1oc2c(c(C)cc3oc(=O)c(CC(=O)Nc4ccccc4C(N)=O)c(C)c32)c1C. The topological polar surface area (TPSA) is 116 Å². The minimum Gasteiger partial charge on any atom is -0.460 e. The fraction of sp³-hybridized carbons (Fsp3) is 0.208. The average Bonchev–Trinajstić information content (AvgIpc) is 3.00. The third-order valence-corrected chi connectivity index (χ3v) is 5.68. The van der Waals surface area contributed by atoms with Crippen LogP contribution in [-0.4, -0.2) is 11.8 Å². The number of primary amides is 1. The van der Waals surface area contributed by atoms with Gasteiger partial charge < -0.3 is 19.9 Å². The maximum absolute atomic E-state index is 12.7. The summed E-state index contributed by atoms with van der Waals surface area (Å²) in [4.78, 5) is 37.0. The highest BCUT2D eigenvalue weighted by atomic mass is 16.4. The predicted molar refractivity (Wildman–Crippen MR) is 118 cm³/mol. The second-order valence-corrected chi connectivity index (χ2v) is 7.68. The number of fused-ring (bicyclic) bond motifs is 3. The molecule has 3 N–H and O–H groups in total. The number of hydrogen-bond donors (Lipinski definition) is 2. The summed E-state index contributed by atoms with van der Waals surface area (Å²) >= 11 is 0. The molecule has 2 aromatic carbocycles. The molecule has 2 aromatic heterocycles. The maximum Gasteiger partial charge on any atom is 0.340 e. The number of hydrogen-bond acceptors (Lipinski definition) is 5. The minimum atomic E-state index is -0.654. The van der Waals surface area contributed by atoms with Crippen molar-refractivity contribution in [1.82, 2.24) is 0 Å². The number of benzene rings is 2. The lowest BCUT2D eigenvalue weighted by atomic mass is 9.98. The lowest BCUT2D eigenvalue weighted by molar-refractivity contribution is -0.115. The van der Waals surface area contributed by atoms with Crippen molar-refractivity contribution in [1.29, 1.82) is 0 Å². The Balaban J connectivity index is 1.80. The van der Waals surface area contributed by atoms with E-state index in [9.17, 15) is 14.4 Å². The van der Waals surface area contributed by atoms with Gasteiger partial charge in [0.15, 0.2) is 0 Å². The minimum absolute atomic E-state index is 0.192. The Morgan fingerprint density at radius 2 is 1.71 bits per heavy atom. The van der Waals surface area contributed by atoms with Gasteiger partial charge in [0.05, 0.1) is 28.6 Å². The van der Waals surface area contributed by atoms with Crippen LogP contribution in [0.4, 0.5) is 5.69 Å². The molecule has 7 nitrogen and oxygen atoms in total. The van der Waals surface area contributed by atoms with E-state index in [1.807, 2.05) is 26.8 Å². The number of nitrogens with one attached hydrogen (secondary N) is 1. The molecule has 0 saturated carbocycles. The average molecular weight is 418 g/mol. The Bertz CT molecular complexity index is 1440. The van der Waals surface area contributed by atoms with E-state index >= 15 is 0 Å². The second kappa shape index (κ2) is 7.43. The summed E-state index contributed by atoms with van der Waals surface area (Å²) in [7, 11) is 0. The largest absolute Gasteiger partial charge is 0.460 e. The summed E-state index contributed by atoms with van der Waals surface area (Å²) < 4.78 is 11.6. The number of furan rings is 1. The third kappa shape index (κ3) is 3.38. The van der Waals surface area contributed by atoms with Crippen molar-refractivity contribution in [2.24, 2.45) is 5.73 Å². The Labute approximate surface area is 177 Å². The smallest absolute Gasteiger partial charge is 0.340 e. The molecule has 2 amide bonds. The zero-order valence-electron chi connectivity index (χ0n) is 17.7. The van der Waals surface area contributed by atoms with E-state index in [0.717, 1.165) is 22.3 Å². The van der Waals surface area contributed by atoms with Gasteiger partial charge in [-0.3, -0.25) is 9.59 Å². The molecule has 0 atom stereocenters. The van der Waals surface area contributed by atoms with Crippen molar-refractivity contribution in [3.63, 3.8) is 0 Å². The lowest BCUT2D eigenvalue weighted by Crippen LogP contribution is -2.22. The second-order valence-electron chi connectivity index (χ2n) is 7.68. The molecule has 158 valence electrons. The number of para-hydroxylation sites is 1. The molecule has 0 fully saturated rings. The highest BCUT2D eigenvalue weighted by Gasteiger charge is 2.21. The quantitative estimate of drug-likeness (QED) is 0.485. The molecule has 0 aliphatic heterocycles. The van der Waals surface area contributed by atoms with Crippen molar-refractivity contribution in [3.05, 3.63) is 74.3 Å². The lowest BCUT2D eigenvalue weighted by Gasteiger charge is -2.11. The molecule has 7 heteroatoms. The normalized spacial score (nSPS) is 11.2. The van der Waals surface area contributed by atoms with Gasteiger partial charge in [0.1, 0.15) is 16.9 Å². The molecule has 0 bridgehead atoms. The molecular formula is C24H22N2O5. The predicted octanol–water partition coefficient (Wildman–Crippen LogP) is 4.05. The first-order chi connectivity index (χ1) is 14.7. The van der Waals surface area contributed by atoms with Crippen LogP contribution in [0.15, 0.2) is 44.0 Å². The van der Waals surface area contributed by atoms with Crippen molar-refractivity contribution in [3.8, 4) is 0 Å². The summed E-state index contributed by atoms with van der Waals surface area (Å²) in [5.41, 5.74) is 9.18. The van der Waals surface area contributed by atoms with E-state index in [1.54, 1.807) is 25.1 Å². The van der Waals surface area contributed by atoms with Gasteiger partial charge in [-0.2, -0.15) is 0 Å². The molecule has 31 heavy (non-hydrogen) atoms. The Morgan fingerprint density at radius 1 is 1.00 bits per heavy atom. The number of aryl methyl sites for hydroxylation is 4. The van der Waals surface area contributed by atoms with Gasteiger partial charge in [-0.15, -0.1) is 0 Å². The Kier molecular flexibility index (Phi) is 4.89. The summed E-state index contributed by atoms with van der Waals surface area (Å²) in [6, 6.07) is 8.25. The van der Waals surface area contributed by atoms with Crippen LogP contribution in [0.25, 0.3) is 21.9 Å². The highest BCUT2D eigenvalue weighted by Crippen LogP contribution is 2.36. The van der Waals surface area contributed by atoms with E-state index in [0.29, 0.717) is 22.1 Å². The van der Waals surface area contributed by atoms with E-state index in [-0.39, 0.29) is 23.2 Å². The monoisotopic (exact) mass is 418 g/mol. The molecule has 0 unspecified atom stereocenters. The van der Waals surface area contributed by atoms with Crippen LogP contribution in [0.1, 0.15) is 38.4 Å². The van der Waals surface area contributed by atoms with Crippen LogP contribution in [-0.2, 0) is 11.2 Å². The zero-order valence-corrected chi connectivity index (χ0v) is 17.7. The summed E-state index contributed by atoms with van der Waals surface area (Å²) in [6.45, 7) is 7.59. The van der Waals surface area contributed by atoms with Gasteiger partial charge in [-0.05, 0) is 62.6 Å². The van der Waals surface area contributed by atoms with Crippen molar-refractivity contribution in [2.75, 3.05) is 5.32 Å². The molecule has 2 heterocycles. The zero-order chi connectivity index (χ0) is 22.4. The van der Waals surface area contributed by atoms with E-state index < -0.39 is 17.4 Å². The number of amides is 2. The standard InChI is InChI=1S/C24H22N2O5/c1-11-9-18-21(22-20(11)12(2)14(4)30-22)13(3)16(24(29)31-18)10-19(27)26-17-8-6-5-7-15(17)23(25)28/h5-9H,10H2,1-4H3,(H2,25,28)(H,26,27). The molecular weight excluding hydrogens is 396 g/mol. The fourth-order valence-corrected chi connectivity index (χ4v) is 4.00. The van der Waals surface area contributed by atoms with Gasteiger partial charge in [0, 0.05) is 5.39 Å². The van der Waals surface area contributed by atoms with Gasteiger partial charge in [-0.1, -0.05) is 12.1 Å². The van der Waals surface area contributed by atoms with Crippen LogP contribution in [0, 0.1) is 27.7 Å². The molecule has 0 spiro atoms. The summed E-state index contributed by atoms with van der Waals surface area (Å²) in [5, 5.41) is 4.32. The van der Waals surface area contributed by atoms with E-state index in [2.05, 4.69) is 5.32 Å². The first kappa shape index (κ1) is 20.4. The molecule has 0 aliphatic rings. The molecule has 0 radical (unpaired) electrons. The summed E-state index contributed by atoms with van der Waals surface area (Å²) in [5.74, 6) is -0.323. The van der Waals surface area contributed by atoms with Crippen molar-refractivity contribution in [2.45, 2.75) is 34.1 Å². The maximum atomic E-state index is 12.7. The van der Waals surface area contributed by atoms with Crippen LogP contribution in [0.5, 0.6) is 0 Å². The van der Waals surface area contributed by atoms with Crippen LogP contribution in [0.2, 0.25) is 0 Å². The van der Waals surface area contributed by atoms with Gasteiger partial charge in [0.2, 0.25) is 5.91 Å². The van der Waals surface area contributed by atoms with Crippen molar-refractivity contribution < 1.29 is 18.4 Å². The van der Waals surface area contributed by atoms with Gasteiger partial charge >= 0.3 is 5.63 Å². The number of nitrogens with two attached hydrogens (primary N) is 1. The first-order valence-electron chi connectivity index (χ1n) is 9.83. The van der Waals surface area contributed by atoms with E-state index in [1.165, 1.54) is 6.07 Å². The van der Waals surface area contributed by atoms with Crippen LogP contribution < -0.4 is 16.7 Å². The third-order valence-electron chi connectivity index (χ3n) is 5.68. The Hall–Kier alpha value is -3.87. The number of anilines is 1. The van der Waals surface area contributed by atoms with Crippen LogP contribution in [0.3, 0.4) is 0 Å². The number of carbonyl (C=O) groups is 2. The molecule has 0 saturated heterocycles. The first-order valence-corrected chi connectivity index (χ1v) is 9.83. The molecule has 4 aromatic rings. The van der Waals surface area contributed by atoms with Gasteiger partial charge in [0.25, 0.3) is 5.91 Å². The fourth-order valence-electron chi connectivity index (χ4n) is 4.00. The van der Waals surface area contributed by atoms with Gasteiger partial charge in [-0.25, -0.2) is 4.79 Å². The summed E-state index contributed by atoms with van der Waals surface area (Å²) in [6.07, 6.45) is -0.217. The molecule has 0 aliphatic carbocycles. The van der Waals surface area contributed by atoms with E-state index in [4.69, 9.17) is 14.6 Å². The van der Waals surface area contributed by atoms with Crippen molar-refractivity contribution >= 4 is 39.4 Å².